The van der Waals surface area contributed by atoms with Gasteiger partial charge in [-0.3, -0.25) is 0 Å². The first-order valence-electron chi connectivity index (χ1n) is 18.4. The molecule has 0 saturated carbocycles. The fourth-order valence-electron chi connectivity index (χ4n) is 2.63. The van der Waals surface area contributed by atoms with E-state index in [-0.39, 0.29) is 5.79 Å². The van der Waals surface area contributed by atoms with Crippen molar-refractivity contribution in [1.82, 2.24) is 0 Å². The maximum atomic E-state index is 4.79. The standard InChI is InChI=1S/C60H6.C6H12O2/c1-3-5-7-9-11-13-15-17-19-21-23-25-27-29-31-33-35-37-39-41-43-45-47-49-51-53-55-57-59-60-58-56-54-52-50-48-46-44-42-40-38-36-34-32-30-28-26-24-22-20-18-16-14-12-10-8-6-4-2;1-3-5-6(4-2)7-8-6/h1-2H3;3-5H2,1-2H3. The van der Waals surface area contributed by atoms with Crippen LogP contribution in [0.15, 0.2) is 0 Å². The summed E-state index contributed by atoms with van der Waals surface area (Å²) in [5, 5.41) is 0. The van der Waals surface area contributed by atoms with Crippen LogP contribution in [0.3, 0.4) is 0 Å². The summed E-state index contributed by atoms with van der Waals surface area (Å²) in [6.07, 6.45) is 3.14. The average molecular weight is 843 g/mol. The lowest BCUT2D eigenvalue weighted by Gasteiger charge is -1.97. The fourth-order valence-corrected chi connectivity index (χ4v) is 2.63. The molecule has 1 aliphatic rings. The molecule has 0 aromatic carbocycles. The quantitative estimate of drug-likeness (QED) is 0.249. The van der Waals surface area contributed by atoms with Gasteiger partial charge in [-0.2, -0.15) is 9.78 Å². The van der Waals surface area contributed by atoms with Crippen LogP contribution >= 0.6 is 0 Å². The van der Waals surface area contributed by atoms with E-state index in [1.807, 2.05) is 0 Å². The minimum atomic E-state index is -0.158. The molecule has 1 rings (SSSR count). The third-order valence-corrected chi connectivity index (χ3v) is 5.18. The predicted octanol–water partition coefficient (Wildman–Crippen LogP) is 2.98. The number of hydrogen-bond donors (Lipinski definition) is 0. The van der Waals surface area contributed by atoms with Crippen LogP contribution < -0.4 is 0 Å². The van der Waals surface area contributed by atoms with E-state index in [0.29, 0.717) is 0 Å². The SMILES string of the molecule is CC#CC#CC#CC#CC#CC#CC#CC#CC#CC#CC#CC#CC#CC#CC#CC#CC#CC#CC#CC#CC#CC#CC#CC#CC#CC#CC#CC#CC#CC.CCCC1(CC)OO1. The maximum absolute atomic E-state index is 4.79. The van der Waals surface area contributed by atoms with Gasteiger partial charge in [0.2, 0.25) is 5.79 Å². The maximum Gasteiger partial charge on any atom is 0.234 e. The minimum absolute atomic E-state index is 0.158. The molecule has 2 nitrogen and oxygen atoms in total. The van der Waals surface area contributed by atoms with Crippen LogP contribution in [0.5, 0.6) is 0 Å². The lowest BCUT2D eigenvalue weighted by Crippen LogP contribution is -2.06. The predicted molar refractivity (Wildman–Crippen MR) is 267 cm³/mol. The van der Waals surface area contributed by atoms with Gasteiger partial charge >= 0.3 is 0 Å². The highest BCUT2D eigenvalue weighted by Crippen LogP contribution is 2.37. The van der Waals surface area contributed by atoms with Gasteiger partial charge in [0.1, 0.15) is 0 Å². The Morgan fingerprint density at radius 3 is 0.382 bits per heavy atom. The van der Waals surface area contributed by atoms with Gasteiger partial charge in [-0.1, -0.05) is 32.1 Å². The highest BCUT2D eigenvalue weighted by atomic mass is 17.4. The molecular weight excluding hydrogens is 825 g/mol. The summed E-state index contributed by atoms with van der Waals surface area (Å²) in [4.78, 5) is 9.57. The average Bonchev–Trinajstić information content (AvgIpc) is 4.14. The van der Waals surface area contributed by atoms with E-state index in [4.69, 9.17) is 9.78 Å². The summed E-state index contributed by atoms with van der Waals surface area (Å²) < 4.78 is 0. The normalized spacial score (nSPS) is 6.24. The lowest BCUT2D eigenvalue weighted by molar-refractivity contribution is 0.0850. The Labute approximate surface area is 404 Å². The first kappa shape index (κ1) is 55.2. The minimum Gasteiger partial charge on any atom is -0.195 e. The molecular formula is C66H18O2. The van der Waals surface area contributed by atoms with Crippen LogP contribution in [0.1, 0.15) is 47.0 Å². The van der Waals surface area contributed by atoms with Gasteiger partial charge < -0.3 is 0 Å². The highest BCUT2D eigenvalue weighted by molar-refractivity contribution is 5.51. The first-order chi connectivity index (χ1) is 33.7. The molecule has 1 heterocycles. The van der Waals surface area contributed by atoms with Crippen molar-refractivity contribution in [1.29, 1.82) is 0 Å². The van der Waals surface area contributed by atoms with E-state index in [2.05, 4.69) is 357 Å². The van der Waals surface area contributed by atoms with E-state index in [1.54, 1.807) is 13.8 Å². The molecule has 0 aliphatic carbocycles. The summed E-state index contributed by atoms with van der Waals surface area (Å²) in [6.45, 7) is 7.57. The van der Waals surface area contributed by atoms with Crippen LogP contribution in [0.25, 0.3) is 0 Å². The molecule has 0 radical (unpaired) electrons. The smallest absolute Gasteiger partial charge is 0.195 e. The van der Waals surface area contributed by atoms with Crippen molar-refractivity contribution in [2.45, 2.75) is 52.7 Å². The van der Waals surface area contributed by atoms with Gasteiger partial charge in [-0.25, -0.2) is 0 Å². The highest BCUT2D eigenvalue weighted by Gasteiger charge is 2.45. The summed E-state index contributed by atoms with van der Waals surface area (Å²) in [5.74, 6) is 145. The molecule has 0 unspecified atom stereocenters. The van der Waals surface area contributed by atoms with Crippen LogP contribution in [-0.2, 0) is 9.78 Å². The van der Waals surface area contributed by atoms with Crippen LogP contribution in [0.2, 0.25) is 0 Å². The zero-order valence-corrected chi connectivity index (χ0v) is 36.4. The second kappa shape index (κ2) is 48.5. The van der Waals surface area contributed by atoms with Gasteiger partial charge in [0.25, 0.3) is 0 Å². The molecule has 0 spiro atoms. The molecule has 0 aromatic heterocycles. The molecule has 2 heteroatoms. The largest absolute Gasteiger partial charge is 0.234 e. The van der Waals surface area contributed by atoms with Crippen molar-refractivity contribution in [2.75, 3.05) is 0 Å². The Bertz CT molecular complexity index is 3730. The van der Waals surface area contributed by atoms with Crippen molar-refractivity contribution < 1.29 is 9.78 Å². The summed E-state index contributed by atoms with van der Waals surface area (Å²) in [7, 11) is 0. The third-order valence-electron chi connectivity index (χ3n) is 5.18. The zero-order valence-electron chi connectivity index (χ0n) is 36.4. The molecule has 294 valence electrons. The summed E-state index contributed by atoms with van der Waals surface area (Å²) in [5.41, 5.74) is 0. The molecule has 0 amide bonds. The van der Waals surface area contributed by atoms with Crippen LogP contribution in [0, 0.1) is 343 Å². The molecule has 1 aliphatic heterocycles. The van der Waals surface area contributed by atoms with Crippen LogP contribution in [-0.4, -0.2) is 5.79 Å². The van der Waals surface area contributed by atoms with Gasteiger partial charge in [0.15, 0.2) is 0 Å². The van der Waals surface area contributed by atoms with Gasteiger partial charge in [-0.15, -0.1) is 0 Å². The van der Waals surface area contributed by atoms with Gasteiger partial charge in [0.05, 0.1) is 0 Å². The van der Waals surface area contributed by atoms with E-state index >= 15 is 0 Å². The van der Waals surface area contributed by atoms with Crippen molar-refractivity contribution in [2.24, 2.45) is 0 Å². The van der Waals surface area contributed by atoms with E-state index in [9.17, 15) is 0 Å². The van der Waals surface area contributed by atoms with Crippen molar-refractivity contribution in [3.05, 3.63) is 0 Å². The second-order valence-corrected chi connectivity index (χ2v) is 9.68. The van der Waals surface area contributed by atoms with E-state index in [1.165, 1.54) is 0 Å². The van der Waals surface area contributed by atoms with E-state index < -0.39 is 0 Å². The number of hydrogen-bond acceptors (Lipinski definition) is 2. The summed E-state index contributed by atoms with van der Waals surface area (Å²) in [6, 6.07) is 0. The zero-order chi connectivity index (χ0) is 49.0. The second-order valence-electron chi connectivity index (χ2n) is 9.68. The summed E-state index contributed by atoms with van der Waals surface area (Å²) >= 11 is 0. The van der Waals surface area contributed by atoms with Crippen molar-refractivity contribution in [3.8, 4) is 343 Å². The lowest BCUT2D eigenvalue weighted by atomic mass is 10.1. The third kappa shape index (κ3) is 45.9. The Hall–Kier alpha value is -12.8. The van der Waals surface area contributed by atoms with Crippen molar-refractivity contribution >= 4 is 0 Å². The Morgan fingerprint density at radius 1 is 0.206 bits per heavy atom. The van der Waals surface area contributed by atoms with Crippen LogP contribution in [0.4, 0.5) is 0 Å². The molecule has 0 N–H and O–H groups in total. The molecule has 1 fully saturated rings. The topological polar surface area (TPSA) is 25.1 Å². The monoisotopic (exact) mass is 842 g/mol. The van der Waals surface area contributed by atoms with Gasteiger partial charge in [0, 0.05) is 250 Å². The number of rotatable bonds is 3. The molecule has 68 heavy (non-hydrogen) atoms. The molecule has 0 atom stereocenters. The molecule has 0 bridgehead atoms. The molecule has 0 aromatic rings. The Balaban J connectivity index is 0.00000503. The Kier molecular flexibility index (Phi) is 39.4. The molecule has 1 saturated heterocycles. The Morgan fingerprint density at radius 2 is 0.324 bits per heavy atom. The first-order valence-corrected chi connectivity index (χ1v) is 18.4. The fraction of sp³-hybridized carbons (Fsp3) is 0.121. The van der Waals surface area contributed by atoms with E-state index in [0.717, 1.165) is 19.3 Å². The van der Waals surface area contributed by atoms with Crippen molar-refractivity contribution in [3.63, 3.8) is 0 Å². The van der Waals surface area contributed by atoms with Gasteiger partial charge in [-0.05, 0) is 109 Å².